The van der Waals surface area contributed by atoms with Crippen LogP contribution in [-0.4, -0.2) is 67.6 Å². The summed E-state index contributed by atoms with van der Waals surface area (Å²) in [6.45, 7) is -3.20. The van der Waals surface area contributed by atoms with E-state index in [4.69, 9.17) is 0 Å². The summed E-state index contributed by atoms with van der Waals surface area (Å²) in [7, 11) is -6.79. The summed E-state index contributed by atoms with van der Waals surface area (Å²) in [5.74, 6) is -16.8. The van der Waals surface area contributed by atoms with Gasteiger partial charge < -0.3 is 15.2 Å². The summed E-state index contributed by atoms with van der Waals surface area (Å²) < 4.78 is 138. The SMILES string of the molecule is O=C([O-])C1CN(S(=O)(=O)C(F)(F)C(F)(F)C(F)(F)C(F)(F)F)CCN1.[Li+]. The fourth-order valence-corrected chi connectivity index (χ4v) is 3.24. The van der Waals surface area contributed by atoms with Crippen molar-refractivity contribution in [2.45, 2.75) is 29.3 Å². The van der Waals surface area contributed by atoms with Crippen LogP contribution in [0.4, 0.5) is 39.5 Å². The van der Waals surface area contributed by atoms with E-state index in [1.807, 2.05) is 5.32 Å². The standard InChI is InChI=1S/C9H9F9N2O4S.Li/c10-6(11,8(14,15)16)7(12,13)9(17,18)25(23,24)20-2-1-19-4(3-20)5(21)22;/h4,19H,1-3H2,(H,21,22);/q;+1/p-1. The molecule has 26 heavy (non-hydrogen) atoms. The van der Waals surface area contributed by atoms with Crippen molar-refractivity contribution in [2.75, 3.05) is 19.6 Å². The number of carbonyl (C=O) groups excluding carboxylic acids is 1. The van der Waals surface area contributed by atoms with Crippen molar-refractivity contribution in [3.8, 4) is 0 Å². The largest absolute Gasteiger partial charge is 1.00 e. The molecule has 0 aromatic rings. The van der Waals surface area contributed by atoms with Gasteiger partial charge in [-0.25, -0.2) is 8.42 Å². The quantitative estimate of drug-likeness (QED) is 0.375. The first-order valence-electron chi connectivity index (χ1n) is 6.05. The maximum Gasteiger partial charge on any atom is 1.00 e. The Morgan fingerprint density at radius 2 is 1.46 bits per heavy atom. The second kappa shape index (κ2) is 7.38. The predicted octanol–water partition coefficient (Wildman–Crippen LogP) is -3.23. The van der Waals surface area contributed by atoms with Crippen molar-refractivity contribution in [3.63, 3.8) is 0 Å². The van der Waals surface area contributed by atoms with E-state index in [1.54, 1.807) is 0 Å². The number of piperazine rings is 1. The van der Waals surface area contributed by atoms with Gasteiger partial charge in [0, 0.05) is 19.6 Å². The number of hydrogen-bond acceptors (Lipinski definition) is 5. The first-order chi connectivity index (χ1) is 10.9. The molecule has 0 amide bonds. The van der Waals surface area contributed by atoms with Crippen LogP contribution < -0.4 is 29.3 Å². The van der Waals surface area contributed by atoms with Gasteiger partial charge >= 0.3 is 42.1 Å². The van der Waals surface area contributed by atoms with Gasteiger partial charge in [-0.1, -0.05) is 0 Å². The second-order valence-electron chi connectivity index (χ2n) is 4.85. The van der Waals surface area contributed by atoms with E-state index in [9.17, 15) is 57.8 Å². The Balaban J connectivity index is 0.00000625. The van der Waals surface area contributed by atoms with Crippen molar-refractivity contribution in [1.29, 1.82) is 0 Å². The minimum absolute atomic E-state index is 0. The molecule has 0 spiro atoms. The molecule has 1 N–H and O–H groups in total. The van der Waals surface area contributed by atoms with E-state index in [0.29, 0.717) is 0 Å². The number of carboxylic acids is 1. The molecule has 1 saturated heterocycles. The van der Waals surface area contributed by atoms with Crippen LogP contribution in [0.2, 0.25) is 0 Å². The third-order valence-corrected chi connectivity index (χ3v) is 5.12. The number of carboxylic acid groups (broad SMARTS) is 1. The molecule has 17 heteroatoms. The maximum absolute atomic E-state index is 13.6. The van der Waals surface area contributed by atoms with Crippen LogP contribution >= 0.6 is 0 Å². The molecular weight excluding hydrogens is 410 g/mol. The fraction of sp³-hybridized carbons (Fsp3) is 0.889. The molecule has 6 nitrogen and oxygen atoms in total. The second-order valence-corrected chi connectivity index (χ2v) is 6.83. The Morgan fingerprint density at radius 1 is 1.00 bits per heavy atom. The van der Waals surface area contributed by atoms with Crippen LogP contribution in [0, 0.1) is 0 Å². The number of nitrogens with one attached hydrogen (secondary N) is 1. The molecule has 1 rings (SSSR count). The molecule has 1 atom stereocenters. The number of hydrogen-bond donors (Lipinski definition) is 1. The number of nitrogens with zero attached hydrogens (tertiary/aromatic N) is 1. The van der Waals surface area contributed by atoms with Gasteiger partial charge in [-0.15, -0.1) is 0 Å². The summed E-state index contributed by atoms with van der Waals surface area (Å²) in [6.07, 6.45) is -7.17. The number of rotatable bonds is 5. The van der Waals surface area contributed by atoms with E-state index in [0.717, 1.165) is 0 Å². The number of halogens is 9. The molecule has 1 aliphatic rings. The minimum atomic E-state index is -7.38. The third kappa shape index (κ3) is 3.79. The number of carbonyl (C=O) groups is 1. The van der Waals surface area contributed by atoms with E-state index < -0.39 is 69.2 Å². The Labute approximate surface area is 151 Å². The van der Waals surface area contributed by atoms with E-state index >= 15 is 0 Å². The van der Waals surface area contributed by atoms with Crippen molar-refractivity contribution in [1.82, 2.24) is 9.62 Å². The molecule has 1 heterocycles. The summed E-state index contributed by atoms with van der Waals surface area (Å²) in [6, 6.07) is -1.96. The molecule has 0 aliphatic carbocycles. The monoisotopic (exact) mass is 418 g/mol. The van der Waals surface area contributed by atoms with Crippen LogP contribution in [0.1, 0.15) is 0 Å². The number of sulfonamides is 1. The van der Waals surface area contributed by atoms with Crippen molar-refractivity contribution >= 4 is 16.0 Å². The topological polar surface area (TPSA) is 89.5 Å². The number of alkyl halides is 9. The van der Waals surface area contributed by atoms with E-state index in [2.05, 4.69) is 0 Å². The van der Waals surface area contributed by atoms with E-state index in [1.165, 1.54) is 0 Å². The molecule has 0 aromatic heterocycles. The van der Waals surface area contributed by atoms with Crippen LogP contribution in [-0.2, 0) is 14.8 Å². The molecule has 0 aromatic carbocycles. The molecule has 148 valence electrons. The van der Waals surface area contributed by atoms with Crippen molar-refractivity contribution in [2.24, 2.45) is 0 Å². The Morgan fingerprint density at radius 3 is 1.85 bits per heavy atom. The van der Waals surface area contributed by atoms with Gasteiger partial charge in [0.1, 0.15) is 0 Å². The molecule has 1 aliphatic heterocycles. The van der Waals surface area contributed by atoms with Gasteiger partial charge in [-0.2, -0.15) is 43.8 Å². The Bertz CT molecular complexity index is 640. The van der Waals surface area contributed by atoms with Crippen molar-refractivity contribution < 1.29 is 76.7 Å². The van der Waals surface area contributed by atoms with Gasteiger partial charge in [0.2, 0.25) is 0 Å². The average molecular weight is 418 g/mol. The van der Waals surface area contributed by atoms with Crippen LogP contribution in [0.3, 0.4) is 0 Å². The maximum atomic E-state index is 13.6. The first-order valence-corrected chi connectivity index (χ1v) is 7.49. The molecule has 0 bridgehead atoms. The minimum Gasteiger partial charge on any atom is -0.548 e. The molecule has 0 saturated carbocycles. The van der Waals surface area contributed by atoms with Gasteiger partial charge in [0.05, 0.1) is 12.0 Å². The third-order valence-electron chi connectivity index (χ3n) is 3.20. The van der Waals surface area contributed by atoms with Crippen LogP contribution in [0.5, 0.6) is 0 Å². The summed E-state index contributed by atoms with van der Waals surface area (Å²) in [4.78, 5) is 10.6. The zero-order valence-electron chi connectivity index (χ0n) is 12.6. The summed E-state index contributed by atoms with van der Waals surface area (Å²) in [5, 5.41) is 5.72. The van der Waals surface area contributed by atoms with Crippen LogP contribution in [0.15, 0.2) is 0 Å². The molecule has 1 fully saturated rings. The molecule has 0 radical (unpaired) electrons. The fourth-order valence-electron chi connectivity index (χ4n) is 1.78. The smallest absolute Gasteiger partial charge is 0.548 e. The molecular formula is C9H8F9LiN2O4S. The zero-order valence-corrected chi connectivity index (χ0v) is 13.4. The van der Waals surface area contributed by atoms with Crippen molar-refractivity contribution in [3.05, 3.63) is 0 Å². The Kier molecular flexibility index (Phi) is 7.18. The summed E-state index contributed by atoms with van der Waals surface area (Å²) >= 11 is 0. The van der Waals surface area contributed by atoms with Crippen LogP contribution in [0.25, 0.3) is 0 Å². The first kappa shape index (κ1) is 25.3. The average Bonchev–Trinajstić information content (AvgIpc) is 2.45. The van der Waals surface area contributed by atoms with Gasteiger partial charge in [-0.05, 0) is 0 Å². The normalized spacial score (nSPS) is 21.2. The predicted molar refractivity (Wildman–Crippen MR) is 58.2 cm³/mol. The number of aliphatic carboxylic acids is 1. The van der Waals surface area contributed by atoms with E-state index in [-0.39, 0.29) is 18.9 Å². The zero-order chi connectivity index (χ0) is 20.1. The Hall–Kier alpha value is -0.693. The van der Waals surface area contributed by atoms with Gasteiger partial charge in [0.15, 0.2) is 0 Å². The van der Waals surface area contributed by atoms with Gasteiger partial charge in [-0.3, -0.25) is 0 Å². The molecule has 1 unspecified atom stereocenters. The van der Waals surface area contributed by atoms with Gasteiger partial charge in [0.25, 0.3) is 10.0 Å². The summed E-state index contributed by atoms with van der Waals surface area (Å²) in [5.41, 5.74) is 0.